The van der Waals surface area contributed by atoms with Gasteiger partial charge in [-0.2, -0.15) is 67.6 Å². The van der Waals surface area contributed by atoms with Crippen molar-refractivity contribution in [3.8, 4) is 33.4 Å². The zero-order valence-corrected chi connectivity index (χ0v) is 70.3. The van der Waals surface area contributed by atoms with E-state index in [2.05, 4.69) is 116 Å². The van der Waals surface area contributed by atoms with Crippen molar-refractivity contribution >= 4 is 108 Å². The minimum atomic E-state index is -4.64. The van der Waals surface area contributed by atoms with Gasteiger partial charge in [0.25, 0.3) is 0 Å². The number of halogens is 11. The monoisotopic (exact) mass is 1700 g/mol. The number of nitrogen functional groups attached to an aromatic ring is 1. The van der Waals surface area contributed by atoms with Crippen molar-refractivity contribution in [3.05, 3.63) is 149 Å². The summed E-state index contributed by atoms with van der Waals surface area (Å²) in [5.41, 5.74) is 15.4. The number of aromatic carboxylic acids is 1. The van der Waals surface area contributed by atoms with Gasteiger partial charge < -0.3 is 51.1 Å². The molecular weight excluding hydrogens is 1600 g/mol. The summed E-state index contributed by atoms with van der Waals surface area (Å²) >= 11 is 6.92. The van der Waals surface area contributed by atoms with Crippen LogP contribution in [0.4, 0.5) is 88.3 Å². The van der Waals surface area contributed by atoms with Crippen LogP contribution < -0.4 is 60.6 Å². The molecule has 12 rings (SSSR count). The molecule has 37 heteroatoms. The van der Waals surface area contributed by atoms with E-state index in [1.165, 1.54) is 71.6 Å². The first-order valence-electron chi connectivity index (χ1n) is 37.4. The Bertz CT molecular complexity index is 4590. The predicted octanol–water partition coefficient (Wildman–Crippen LogP) is 18.3. The molecule has 9 aromatic rings. The van der Waals surface area contributed by atoms with Gasteiger partial charge in [0.15, 0.2) is 17.1 Å². The molecule has 0 spiro atoms. The number of carboxylic acid groups (broad SMARTS) is 1. The summed E-state index contributed by atoms with van der Waals surface area (Å²) in [6, 6.07) is 28.9. The molecule has 0 bridgehead atoms. The van der Waals surface area contributed by atoms with Gasteiger partial charge in [-0.1, -0.05) is 136 Å². The van der Waals surface area contributed by atoms with E-state index in [1.807, 2.05) is 54.6 Å². The third kappa shape index (κ3) is 27.0. The Morgan fingerprint density at radius 2 is 0.835 bits per heavy atom. The van der Waals surface area contributed by atoms with Crippen LogP contribution in [0.2, 0.25) is 4.47 Å². The molecule has 0 unspecified atom stereocenters. The number of benzene rings is 3. The van der Waals surface area contributed by atoms with Gasteiger partial charge >= 0.3 is 66.0 Å². The number of rotatable bonds is 22. The van der Waals surface area contributed by atoms with Crippen molar-refractivity contribution in [3.63, 3.8) is 0 Å². The van der Waals surface area contributed by atoms with E-state index >= 15 is 0 Å². The van der Waals surface area contributed by atoms with E-state index in [-0.39, 0.29) is 61.2 Å². The van der Waals surface area contributed by atoms with Crippen molar-refractivity contribution in [2.75, 3.05) is 72.1 Å². The molecule has 3 aromatic carbocycles. The van der Waals surface area contributed by atoms with Crippen LogP contribution in [0.3, 0.4) is 0 Å². The molecule has 6 heterocycles. The summed E-state index contributed by atoms with van der Waals surface area (Å²) < 4.78 is 149. The molecule has 0 atom stereocenters. The quantitative estimate of drug-likeness (QED) is 0.0212. The summed E-state index contributed by atoms with van der Waals surface area (Å²) in [6.07, 6.45) is 8.26. The van der Waals surface area contributed by atoms with Crippen LogP contribution >= 0.6 is 46.2 Å². The van der Waals surface area contributed by atoms with Crippen LogP contribution in [-0.4, -0.2) is 131 Å². The number of ether oxygens (including phenoxy) is 2. The Labute approximate surface area is 702 Å². The summed E-state index contributed by atoms with van der Waals surface area (Å²) in [5, 5.41) is 15.8. The number of aromatic nitrogens is 9. The smallest absolute Gasteiger partial charge is 0.870 e. The van der Waals surface area contributed by atoms with Gasteiger partial charge in [0.2, 0.25) is 32.2 Å². The minimum Gasteiger partial charge on any atom is -0.870 e. The Morgan fingerprint density at radius 1 is 0.522 bits per heavy atom. The van der Waals surface area contributed by atoms with E-state index < -0.39 is 61.1 Å². The molecule has 3 fully saturated rings. The maximum absolute atomic E-state index is 13.2. The number of hydrogen-bond donors (Lipinski definition) is 4. The zero-order valence-electron chi connectivity index (χ0n) is 66.1. The fraction of sp³-hybridized carbons (Fsp3) is 0.462. The average Bonchev–Trinajstić information content (AvgIpc) is 1.07. The normalized spacial score (nSPS) is 14.1. The molecule has 3 saturated carbocycles. The first kappa shape index (κ1) is 93.7. The first-order valence-corrected chi connectivity index (χ1v) is 39.4. The minimum absolute atomic E-state index is 0. The number of methoxy groups -OCH3 is 2. The van der Waals surface area contributed by atoms with E-state index in [0.29, 0.717) is 110 Å². The molecule has 3 aliphatic rings. The van der Waals surface area contributed by atoms with Gasteiger partial charge in [-0.25, -0.2) is 29.3 Å². The van der Waals surface area contributed by atoms with E-state index in [1.54, 1.807) is 36.5 Å². The number of nitrogens with two attached hydrogens (primary N) is 1. The van der Waals surface area contributed by atoms with Crippen LogP contribution in [-0.2, 0) is 28.0 Å². The first-order chi connectivity index (χ1) is 54.2. The molecule has 618 valence electrons. The van der Waals surface area contributed by atoms with Gasteiger partial charge in [-0.3, -0.25) is 4.39 Å². The SMILES string of the molecule is CC(C)CN(c1ccc(-c2cccnc2C(=O)O)cc1Nc1nc(C(F)(F)F)ns1)C1CCCCC1.COC(=O)c1ncccc1-c1ccc(N(CC(C)C)C2CCCCC2)c(N)c1.COC(=O)c1ncccc1-c1ccc(N(CC(C)C)C2CCCCC2)c(Nc2nc(C(F)(F)F)ns2)c1.FC(F)(F)c1nsc(Cl)n1.[2H]CF.[Na+].[OH-]. The second-order valence-electron chi connectivity index (χ2n) is 28.2. The number of carboxylic acids is 1. The number of carbonyl (C=O) groups is 3. The number of pyridine rings is 3. The largest absolute Gasteiger partial charge is 1.00 e. The molecule has 22 nitrogen and oxygen atoms in total. The number of hydrogen-bond acceptors (Lipinski definition) is 24. The molecule has 0 aliphatic heterocycles. The Kier molecular flexibility index (Phi) is 36.5. The van der Waals surface area contributed by atoms with Crippen molar-refractivity contribution in [1.29, 1.82) is 0 Å². The second-order valence-corrected chi connectivity index (χ2v) is 31.0. The second kappa shape index (κ2) is 44.8. The van der Waals surface area contributed by atoms with Gasteiger partial charge in [0.1, 0.15) is 0 Å². The summed E-state index contributed by atoms with van der Waals surface area (Å²) in [7, 11) is 1.66. The topological polar surface area (TPSA) is 296 Å². The molecule has 6 aromatic heterocycles. The molecule has 0 amide bonds. The van der Waals surface area contributed by atoms with Crippen molar-refractivity contribution in [2.24, 2.45) is 17.8 Å². The predicted molar refractivity (Wildman–Crippen MR) is 426 cm³/mol. The van der Waals surface area contributed by atoms with Crippen molar-refractivity contribution < 1.29 is 109 Å². The molecule has 6 N–H and O–H groups in total. The van der Waals surface area contributed by atoms with Crippen molar-refractivity contribution in [1.82, 2.24) is 43.0 Å². The number of alkyl halides is 10. The molecule has 3 aliphatic carbocycles. The van der Waals surface area contributed by atoms with E-state index in [9.17, 15) is 63.4 Å². The standard InChI is InChI=1S/C26H30F3N5O2S.C25H28F3N5O2S.C23H31N3O2.C3ClF3N2S.CH3F.Na.H2O/c1-16(2)15-34(18-8-5-4-6-9-18)21-12-11-17(19-10-7-13-30-22(19)23(35)36-3)14-20(21)31-25-32-24(33-37-25)26(27,28)29;1-15(2)14-33(17-7-4-3-5-8-17)20-11-10-16(18-9-6-12-29-21(18)22(34)35)13-19(20)30-24-31-23(32-36-24)25(26,27)28;1-16(2)15-26(18-8-5-4-6-9-18)21-12-11-17(14-20(21)24)19-10-7-13-25-22(19)23(27)28-3;4-2-8-1(9-10-2)3(5,6)7;1-2;;/h7,10-14,16,18H,4-6,8-9,15H2,1-3H3,(H,31,32,33);6,9-13,15,17H,3-5,7-8,14H2,1-2H3,(H,34,35)(H,30,31,32);7,10-14,16,18H,4-6,8-9,15,24H2,1-3H3;;1H3;;1H2/q;;;;;+1;/p-1/i;;;;1D;;. The van der Waals surface area contributed by atoms with Gasteiger partial charge in [0.05, 0.1) is 56.9 Å². The molecule has 0 radical (unpaired) electrons. The third-order valence-electron chi connectivity index (χ3n) is 18.5. The van der Waals surface area contributed by atoms with E-state index in [0.717, 1.165) is 105 Å². The van der Waals surface area contributed by atoms with Gasteiger partial charge in [0, 0.05) is 96.1 Å². The van der Waals surface area contributed by atoms with E-state index in [4.69, 9.17) is 28.2 Å². The van der Waals surface area contributed by atoms with Crippen molar-refractivity contribution in [2.45, 2.75) is 175 Å². The van der Waals surface area contributed by atoms with Crippen LogP contribution in [0.15, 0.2) is 110 Å². The van der Waals surface area contributed by atoms with Crippen LogP contribution in [0.1, 0.15) is 188 Å². The Balaban J connectivity index is 0.000000250. The van der Waals surface area contributed by atoms with Gasteiger partial charge in [-0.15, -0.1) is 0 Å². The molecule has 115 heavy (non-hydrogen) atoms. The Hall–Kier alpha value is -8.45. The third-order valence-corrected chi connectivity index (χ3v) is 20.6. The van der Waals surface area contributed by atoms with Crippen LogP contribution in [0.5, 0.6) is 0 Å². The fourth-order valence-corrected chi connectivity index (χ4v) is 15.5. The zero-order chi connectivity index (χ0) is 83.0. The average molecular weight is 1700 g/mol. The molecular formula is C78H93ClF10N15NaO7S3. The van der Waals surface area contributed by atoms with Crippen LogP contribution in [0.25, 0.3) is 33.4 Å². The number of nitrogens with one attached hydrogen (secondary N) is 2. The summed E-state index contributed by atoms with van der Waals surface area (Å²) in [4.78, 5) is 66.0. The molecule has 0 saturated heterocycles. The number of nitrogens with zero attached hydrogens (tertiary/aromatic N) is 12. The summed E-state index contributed by atoms with van der Waals surface area (Å²) in [5.74, 6) is -4.44. The maximum Gasteiger partial charge on any atom is 1.00 e. The Morgan fingerprint density at radius 3 is 1.13 bits per heavy atom. The van der Waals surface area contributed by atoms with Gasteiger partial charge in [-0.05, 0) is 151 Å². The maximum atomic E-state index is 13.2. The van der Waals surface area contributed by atoms with Crippen LogP contribution in [0, 0.1) is 17.8 Å². The number of anilines is 8. The number of carbonyl (C=O) groups excluding carboxylic acids is 2. The number of esters is 2. The fourth-order valence-electron chi connectivity index (χ4n) is 13.7. The summed E-state index contributed by atoms with van der Waals surface area (Å²) in [6.45, 7) is 15.6.